The van der Waals surface area contributed by atoms with Crippen LogP contribution >= 0.6 is 15.9 Å². The van der Waals surface area contributed by atoms with Crippen molar-refractivity contribution in [2.45, 2.75) is 34.1 Å². The maximum absolute atomic E-state index is 13.2. The lowest BCUT2D eigenvalue weighted by Crippen LogP contribution is -2.28. The molecule has 0 saturated heterocycles. The van der Waals surface area contributed by atoms with Crippen LogP contribution in [0, 0.1) is 27.7 Å². The second-order valence-electron chi connectivity index (χ2n) is 10.4. The first-order chi connectivity index (χ1) is 22.2. The summed E-state index contributed by atoms with van der Waals surface area (Å²) in [5.41, 5.74) is 8.57. The lowest BCUT2D eigenvalue weighted by molar-refractivity contribution is -0.118. The number of primary amides is 1. The molecule has 4 aromatic heterocycles. The van der Waals surface area contributed by atoms with Gasteiger partial charge in [-0.15, -0.1) is 0 Å². The lowest BCUT2D eigenvalue weighted by Gasteiger charge is -2.07. The van der Waals surface area contributed by atoms with Gasteiger partial charge in [0, 0.05) is 53.8 Å². The molecule has 4 rings (SSSR count). The molecule has 246 valence electrons. The molecule has 0 aromatic carbocycles. The Morgan fingerprint density at radius 1 is 0.702 bits per heavy atom. The highest BCUT2D eigenvalue weighted by Gasteiger charge is 2.23. The van der Waals surface area contributed by atoms with E-state index in [2.05, 4.69) is 74.2 Å². The van der Waals surface area contributed by atoms with Gasteiger partial charge < -0.3 is 47.3 Å². The van der Waals surface area contributed by atoms with Crippen molar-refractivity contribution in [3.63, 3.8) is 0 Å². The molecular formula is C29H32BrN11O6. The molecule has 0 saturated carbocycles. The third kappa shape index (κ3) is 7.50. The first kappa shape index (κ1) is 34.0. The van der Waals surface area contributed by atoms with E-state index in [-0.39, 0.29) is 46.0 Å². The van der Waals surface area contributed by atoms with Crippen LogP contribution in [0.3, 0.4) is 0 Å². The monoisotopic (exact) mass is 709 g/mol. The van der Waals surface area contributed by atoms with E-state index in [0.29, 0.717) is 39.3 Å². The van der Waals surface area contributed by atoms with Gasteiger partial charge in [0.25, 0.3) is 29.5 Å². The number of aromatic nitrogens is 5. The van der Waals surface area contributed by atoms with Crippen LogP contribution in [-0.4, -0.2) is 67.1 Å². The Morgan fingerprint density at radius 2 is 1.13 bits per heavy atom. The number of nitrogens with two attached hydrogens (primary N) is 1. The molecule has 4 heterocycles. The third-order valence-corrected chi connectivity index (χ3v) is 7.58. The fourth-order valence-electron chi connectivity index (χ4n) is 4.44. The second kappa shape index (κ2) is 14.0. The van der Waals surface area contributed by atoms with Gasteiger partial charge in [-0.3, -0.25) is 33.9 Å². The fraction of sp³-hybridized carbons (Fsp3) is 0.207. The highest BCUT2D eigenvalue weighted by molar-refractivity contribution is 9.12. The van der Waals surface area contributed by atoms with Crippen LogP contribution in [0.1, 0.15) is 70.6 Å². The molecule has 4 aromatic rings. The number of aromatic amines is 4. The summed E-state index contributed by atoms with van der Waals surface area (Å²) >= 11 is 2.98. The smallest absolute Gasteiger partial charge is 0.274 e. The maximum atomic E-state index is 13.2. The van der Waals surface area contributed by atoms with Crippen molar-refractivity contribution in [2.75, 3.05) is 27.8 Å². The SMILES string of the molecule is C=C(Br)C(=O)Nc1n[nH]c(C(=O)Nc2c[nH]c(C(=O)Nc3c[nH]c(C(=O)Nc4c[nH]c(C(=O)NCCC(N)=O)c4C)c3C)c2C)c1C. The molecule has 6 amide bonds. The van der Waals surface area contributed by atoms with Crippen LogP contribution in [0.15, 0.2) is 29.7 Å². The van der Waals surface area contributed by atoms with Gasteiger partial charge in [-0.25, -0.2) is 0 Å². The molecular weight excluding hydrogens is 678 g/mol. The predicted molar refractivity (Wildman–Crippen MR) is 177 cm³/mol. The van der Waals surface area contributed by atoms with Crippen molar-refractivity contribution in [3.8, 4) is 0 Å². The summed E-state index contributed by atoms with van der Waals surface area (Å²) < 4.78 is 0.0956. The summed E-state index contributed by atoms with van der Waals surface area (Å²) in [5, 5.41) is 19.8. The van der Waals surface area contributed by atoms with Crippen LogP contribution in [0.4, 0.5) is 22.9 Å². The van der Waals surface area contributed by atoms with Gasteiger partial charge in [0.1, 0.15) is 22.8 Å². The predicted octanol–water partition coefficient (Wildman–Crippen LogP) is 2.84. The number of rotatable bonds is 12. The van der Waals surface area contributed by atoms with Crippen molar-refractivity contribution < 1.29 is 28.8 Å². The van der Waals surface area contributed by atoms with E-state index in [0.717, 1.165) is 0 Å². The minimum Gasteiger partial charge on any atom is -0.370 e. The molecule has 0 bridgehead atoms. The Balaban J connectivity index is 1.39. The average molecular weight is 711 g/mol. The normalized spacial score (nSPS) is 10.7. The summed E-state index contributed by atoms with van der Waals surface area (Å²) in [7, 11) is 0. The number of hydrogen-bond donors (Lipinski definition) is 10. The zero-order chi connectivity index (χ0) is 34.6. The summed E-state index contributed by atoms with van der Waals surface area (Å²) in [5.74, 6) is -2.94. The second-order valence-corrected chi connectivity index (χ2v) is 11.3. The molecule has 0 aliphatic rings. The number of nitrogens with zero attached hydrogens (tertiary/aromatic N) is 1. The van der Waals surface area contributed by atoms with E-state index in [1.165, 1.54) is 18.6 Å². The van der Waals surface area contributed by atoms with Crippen LogP contribution in [0.2, 0.25) is 0 Å². The largest absolute Gasteiger partial charge is 0.370 e. The molecule has 47 heavy (non-hydrogen) atoms. The Hall–Kier alpha value is -5.91. The molecule has 0 aliphatic carbocycles. The lowest BCUT2D eigenvalue weighted by atomic mass is 10.2. The first-order valence-corrected chi connectivity index (χ1v) is 14.7. The van der Waals surface area contributed by atoms with E-state index in [1.807, 2.05) is 0 Å². The van der Waals surface area contributed by atoms with Crippen LogP contribution in [0.5, 0.6) is 0 Å². The molecule has 0 spiro atoms. The van der Waals surface area contributed by atoms with Gasteiger partial charge in [-0.2, -0.15) is 5.10 Å². The topological polar surface area (TPSA) is 265 Å². The van der Waals surface area contributed by atoms with Crippen molar-refractivity contribution in [1.82, 2.24) is 30.5 Å². The molecule has 0 atom stereocenters. The highest BCUT2D eigenvalue weighted by atomic mass is 79.9. The van der Waals surface area contributed by atoms with Crippen molar-refractivity contribution in [2.24, 2.45) is 5.73 Å². The summed E-state index contributed by atoms with van der Waals surface area (Å²) in [6.07, 6.45) is 4.38. The Morgan fingerprint density at radius 3 is 1.55 bits per heavy atom. The highest BCUT2D eigenvalue weighted by Crippen LogP contribution is 2.26. The standard InChI is InChI=1S/C29H32BrN11O6/c1-11-16(8-33-20(11)26(44)32-7-6-19(31)42)36-27(45)21-12(2)17(9-34-21)37-28(46)22-13(3)18(10-35-22)38-29(47)23-14(4)24(41-40-23)39-25(43)15(5)30/h8-10,33-35H,5-7H2,1-4H3,(H2,31,42)(H,32,44)(H,36,45)(H,37,46)(H,38,47)(H2,39,40,41,43). The molecule has 0 unspecified atom stereocenters. The van der Waals surface area contributed by atoms with Gasteiger partial charge in [0.2, 0.25) is 5.91 Å². The number of carbonyl (C=O) groups excluding carboxylic acids is 6. The molecule has 17 nitrogen and oxygen atoms in total. The van der Waals surface area contributed by atoms with E-state index >= 15 is 0 Å². The summed E-state index contributed by atoms with van der Waals surface area (Å²) in [6.45, 7) is 10.1. The minimum absolute atomic E-state index is 0.00776. The third-order valence-electron chi connectivity index (χ3n) is 7.22. The molecule has 0 aliphatic heterocycles. The Labute approximate surface area is 275 Å². The Bertz CT molecular complexity index is 1930. The summed E-state index contributed by atoms with van der Waals surface area (Å²) in [4.78, 5) is 82.9. The number of amides is 6. The zero-order valence-corrected chi connectivity index (χ0v) is 27.3. The Kier molecular flexibility index (Phi) is 10.1. The minimum atomic E-state index is -0.548. The quantitative estimate of drug-likeness (QED) is 0.0982. The fourth-order valence-corrected chi connectivity index (χ4v) is 4.54. The average Bonchev–Trinajstić information content (AvgIpc) is 3.76. The van der Waals surface area contributed by atoms with Crippen LogP contribution in [-0.2, 0) is 9.59 Å². The van der Waals surface area contributed by atoms with Crippen molar-refractivity contribution in [3.05, 3.63) is 74.7 Å². The van der Waals surface area contributed by atoms with Crippen molar-refractivity contribution in [1.29, 1.82) is 0 Å². The molecule has 0 fully saturated rings. The van der Waals surface area contributed by atoms with E-state index < -0.39 is 35.4 Å². The number of hydrogen-bond acceptors (Lipinski definition) is 7. The zero-order valence-electron chi connectivity index (χ0n) is 25.7. The molecule has 0 radical (unpaired) electrons. The van der Waals surface area contributed by atoms with Crippen LogP contribution in [0.25, 0.3) is 0 Å². The number of carbonyl (C=O) groups is 6. The summed E-state index contributed by atoms with van der Waals surface area (Å²) in [6, 6.07) is 0. The van der Waals surface area contributed by atoms with Gasteiger partial charge in [0.15, 0.2) is 5.82 Å². The molecule has 18 heteroatoms. The van der Waals surface area contributed by atoms with Gasteiger partial charge in [-0.05, 0) is 43.6 Å². The van der Waals surface area contributed by atoms with Crippen LogP contribution < -0.4 is 32.3 Å². The maximum Gasteiger partial charge on any atom is 0.274 e. The number of H-pyrrole nitrogens is 4. The van der Waals surface area contributed by atoms with E-state index in [9.17, 15) is 28.8 Å². The van der Waals surface area contributed by atoms with Gasteiger partial charge in [0.05, 0.1) is 21.5 Å². The van der Waals surface area contributed by atoms with E-state index in [4.69, 9.17) is 5.73 Å². The van der Waals surface area contributed by atoms with Gasteiger partial charge in [-0.1, -0.05) is 6.58 Å². The van der Waals surface area contributed by atoms with Gasteiger partial charge >= 0.3 is 0 Å². The number of halogens is 1. The van der Waals surface area contributed by atoms with E-state index in [1.54, 1.807) is 27.7 Å². The first-order valence-electron chi connectivity index (χ1n) is 13.9. The number of nitrogens with one attached hydrogen (secondary N) is 9. The van der Waals surface area contributed by atoms with Crippen molar-refractivity contribution >= 4 is 74.3 Å². The number of anilines is 4. The molecule has 11 N–H and O–H groups in total.